The third-order valence-electron chi connectivity index (χ3n) is 4.59. The van der Waals surface area contributed by atoms with Crippen molar-refractivity contribution in [1.82, 2.24) is 20.4 Å². The standard InChI is InChI=1S/C16H28N6OS/c1-12(2)11-21-7-9-22(10-8-21)16-20-19-15(24-16)18-14(23)17-13-5-3-4-6-13/h12-13H,3-11H2,1-2H3,(H2,17,18,19,23). The molecule has 2 amide bonds. The minimum atomic E-state index is -0.161. The Bertz CT molecular complexity index is 534. The lowest BCUT2D eigenvalue weighted by atomic mass is 10.2. The number of urea groups is 1. The molecule has 2 N–H and O–H groups in total. The van der Waals surface area contributed by atoms with E-state index >= 15 is 0 Å². The number of nitrogens with zero attached hydrogens (tertiary/aromatic N) is 4. The molecule has 24 heavy (non-hydrogen) atoms. The molecule has 0 spiro atoms. The van der Waals surface area contributed by atoms with E-state index in [0.29, 0.717) is 17.1 Å². The maximum Gasteiger partial charge on any atom is 0.321 e. The Balaban J connectivity index is 1.46. The van der Waals surface area contributed by atoms with Crippen LogP contribution >= 0.6 is 11.3 Å². The fraction of sp³-hybridized carbons (Fsp3) is 0.812. The largest absolute Gasteiger partial charge is 0.344 e. The van der Waals surface area contributed by atoms with Crippen molar-refractivity contribution < 1.29 is 4.79 Å². The van der Waals surface area contributed by atoms with Crippen LogP contribution in [0.5, 0.6) is 0 Å². The lowest BCUT2D eigenvalue weighted by Crippen LogP contribution is -2.47. The average Bonchev–Trinajstić information content (AvgIpc) is 3.19. The predicted octanol–water partition coefficient (Wildman–Crippen LogP) is 2.38. The molecule has 1 aromatic heterocycles. The zero-order chi connectivity index (χ0) is 16.9. The first-order valence-corrected chi connectivity index (χ1v) is 9.80. The molecular weight excluding hydrogens is 324 g/mol. The number of carbonyl (C=O) groups excluding carboxylic acids is 1. The molecule has 2 aliphatic rings. The van der Waals surface area contributed by atoms with Crippen molar-refractivity contribution in [1.29, 1.82) is 0 Å². The highest BCUT2D eigenvalue weighted by molar-refractivity contribution is 7.19. The van der Waals surface area contributed by atoms with Crippen molar-refractivity contribution >= 4 is 27.6 Å². The van der Waals surface area contributed by atoms with Gasteiger partial charge in [-0.25, -0.2) is 4.79 Å². The van der Waals surface area contributed by atoms with Crippen LogP contribution in [0, 0.1) is 5.92 Å². The summed E-state index contributed by atoms with van der Waals surface area (Å²) in [4.78, 5) is 16.8. The van der Waals surface area contributed by atoms with Crippen molar-refractivity contribution in [3.63, 3.8) is 0 Å². The highest BCUT2D eigenvalue weighted by atomic mass is 32.1. The molecule has 8 heteroatoms. The molecule has 2 fully saturated rings. The van der Waals surface area contributed by atoms with Crippen molar-refractivity contribution in [3.05, 3.63) is 0 Å². The van der Waals surface area contributed by atoms with Crippen molar-refractivity contribution in [2.45, 2.75) is 45.6 Å². The summed E-state index contributed by atoms with van der Waals surface area (Å²) in [5, 5.41) is 15.7. The Hall–Kier alpha value is -1.41. The number of nitrogens with one attached hydrogen (secondary N) is 2. The highest BCUT2D eigenvalue weighted by Crippen LogP contribution is 2.25. The van der Waals surface area contributed by atoms with E-state index in [1.54, 1.807) is 0 Å². The number of hydrogen-bond donors (Lipinski definition) is 2. The summed E-state index contributed by atoms with van der Waals surface area (Å²) in [6.07, 6.45) is 4.57. The van der Waals surface area contributed by atoms with Gasteiger partial charge in [-0.2, -0.15) is 0 Å². The SMILES string of the molecule is CC(C)CN1CCN(c2nnc(NC(=O)NC3CCCC3)s2)CC1. The smallest absolute Gasteiger partial charge is 0.321 e. The van der Waals surface area contributed by atoms with E-state index in [1.807, 2.05) is 0 Å². The second-order valence-electron chi connectivity index (χ2n) is 7.15. The second-order valence-corrected chi connectivity index (χ2v) is 8.11. The topological polar surface area (TPSA) is 73.4 Å². The van der Waals surface area contributed by atoms with E-state index in [1.165, 1.54) is 24.2 Å². The monoisotopic (exact) mass is 352 g/mol. The van der Waals surface area contributed by atoms with Crippen LogP contribution in [0.2, 0.25) is 0 Å². The van der Waals surface area contributed by atoms with Crippen molar-refractivity contribution in [2.24, 2.45) is 5.92 Å². The zero-order valence-corrected chi connectivity index (χ0v) is 15.4. The normalized spacial score (nSPS) is 19.9. The molecule has 0 unspecified atom stereocenters. The van der Waals surface area contributed by atoms with Gasteiger partial charge < -0.3 is 10.2 Å². The van der Waals surface area contributed by atoms with Crippen molar-refractivity contribution in [3.8, 4) is 0 Å². The molecule has 3 rings (SSSR count). The fourth-order valence-electron chi connectivity index (χ4n) is 3.42. The van der Waals surface area contributed by atoms with Crippen LogP contribution in [-0.4, -0.2) is 59.9 Å². The summed E-state index contributed by atoms with van der Waals surface area (Å²) in [7, 11) is 0. The van der Waals surface area contributed by atoms with Crippen LogP contribution in [-0.2, 0) is 0 Å². The summed E-state index contributed by atoms with van der Waals surface area (Å²) in [5.74, 6) is 0.701. The number of amides is 2. The quantitative estimate of drug-likeness (QED) is 0.851. The average molecular weight is 353 g/mol. The van der Waals surface area contributed by atoms with Gasteiger partial charge in [-0.15, -0.1) is 10.2 Å². The number of rotatable bonds is 5. The summed E-state index contributed by atoms with van der Waals surface area (Å²) in [5.41, 5.74) is 0. The molecule has 134 valence electrons. The molecular formula is C16H28N6OS. The minimum Gasteiger partial charge on any atom is -0.344 e. The Morgan fingerprint density at radius 2 is 1.92 bits per heavy atom. The molecule has 1 aromatic rings. The number of hydrogen-bond acceptors (Lipinski definition) is 6. The number of aromatic nitrogens is 2. The predicted molar refractivity (Wildman–Crippen MR) is 97.8 cm³/mol. The van der Waals surface area contributed by atoms with E-state index < -0.39 is 0 Å². The Morgan fingerprint density at radius 1 is 1.21 bits per heavy atom. The van der Waals surface area contributed by atoms with Crippen LogP contribution in [0.3, 0.4) is 0 Å². The lowest BCUT2D eigenvalue weighted by Gasteiger charge is -2.35. The van der Waals surface area contributed by atoms with E-state index in [2.05, 4.69) is 44.5 Å². The third kappa shape index (κ3) is 4.80. The zero-order valence-electron chi connectivity index (χ0n) is 14.6. The highest BCUT2D eigenvalue weighted by Gasteiger charge is 2.22. The molecule has 1 aliphatic carbocycles. The molecule has 1 aliphatic heterocycles. The maximum absolute atomic E-state index is 12.0. The molecule has 7 nitrogen and oxygen atoms in total. The Labute approximate surface area is 147 Å². The summed E-state index contributed by atoms with van der Waals surface area (Å²) in [6, 6.07) is 0.151. The van der Waals surface area contributed by atoms with Gasteiger partial charge in [0.15, 0.2) is 0 Å². The van der Waals surface area contributed by atoms with E-state index in [-0.39, 0.29) is 6.03 Å². The third-order valence-corrected chi connectivity index (χ3v) is 5.49. The molecule has 0 atom stereocenters. The number of anilines is 2. The number of piperazine rings is 1. The van der Waals surface area contributed by atoms with Gasteiger partial charge in [-0.1, -0.05) is 38.0 Å². The Kier molecular flexibility index (Phi) is 5.89. The molecule has 1 saturated carbocycles. The molecule has 2 heterocycles. The van der Waals surface area contributed by atoms with Crippen LogP contribution in [0.25, 0.3) is 0 Å². The van der Waals surface area contributed by atoms with Crippen LogP contribution in [0.1, 0.15) is 39.5 Å². The van der Waals surface area contributed by atoms with Crippen LogP contribution < -0.4 is 15.5 Å². The van der Waals surface area contributed by atoms with Gasteiger partial charge in [0.05, 0.1) is 0 Å². The first-order valence-electron chi connectivity index (χ1n) is 8.98. The molecule has 0 radical (unpaired) electrons. The number of carbonyl (C=O) groups is 1. The maximum atomic E-state index is 12.0. The molecule has 0 bridgehead atoms. The van der Waals surface area contributed by atoms with E-state index in [4.69, 9.17) is 0 Å². The van der Waals surface area contributed by atoms with Gasteiger partial charge in [-0.05, 0) is 18.8 Å². The fourth-order valence-corrected chi connectivity index (χ4v) is 4.21. The first kappa shape index (κ1) is 17.4. The van der Waals surface area contributed by atoms with Gasteiger partial charge in [0.1, 0.15) is 0 Å². The van der Waals surface area contributed by atoms with E-state index in [9.17, 15) is 4.79 Å². The van der Waals surface area contributed by atoms with Crippen LogP contribution in [0.15, 0.2) is 0 Å². The summed E-state index contributed by atoms with van der Waals surface area (Å²) >= 11 is 1.45. The van der Waals surface area contributed by atoms with Gasteiger partial charge in [0.2, 0.25) is 10.3 Å². The van der Waals surface area contributed by atoms with Gasteiger partial charge in [-0.3, -0.25) is 10.2 Å². The molecule has 1 saturated heterocycles. The van der Waals surface area contributed by atoms with Gasteiger partial charge in [0, 0.05) is 38.8 Å². The molecule has 0 aromatic carbocycles. The second kappa shape index (κ2) is 8.11. The van der Waals surface area contributed by atoms with Crippen molar-refractivity contribution in [2.75, 3.05) is 42.9 Å². The van der Waals surface area contributed by atoms with Crippen LogP contribution in [0.4, 0.5) is 15.1 Å². The Morgan fingerprint density at radius 3 is 2.58 bits per heavy atom. The first-order chi connectivity index (χ1) is 11.6. The summed E-state index contributed by atoms with van der Waals surface area (Å²) < 4.78 is 0. The van der Waals surface area contributed by atoms with E-state index in [0.717, 1.165) is 50.7 Å². The summed E-state index contributed by atoms with van der Waals surface area (Å²) in [6.45, 7) is 9.71. The minimum absolute atomic E-state index is 0.161. The van der Waals surface area contributed by atoms with Gasteiger partial charge in [0.25, 0.3) is 0 Å². The lowest BCUT2D eigenvalue weighted by molar-refractivity contribution is 0.231. The van der Waals surface area contributed by atoms with Gasteiger partial charge >= 0.3 is 6.03 Å².